The van der Waals surface area contributed by atoms with Gasteiger partial charge in [-0.1, -0.05) is 6.42 Å². The fourth-order valence-electron chi connectivity index (χ4n) is 3.29. The summed E-state index contributed by atoms with van der Waals surface area (Å²) in [4.78, 5) is 16.9. The highest BCUT2D eigenvalue weighted by molar-refractivity contribution is 5.84. The van der Waals surface area contributed by atoms with Crippen molar-refractivity contribution < 1.29 is 9.53 Å². The van der Waals surface area contributed by atoms with Gasteiger partial charge in [-0.05, 0) is 39.2 Å². The number of ether oxygens (including phenoxy) is 1. The van der Waals surface area contributed by atoms with Crippen molar-refractivity contribution in [3.05, 3.63) is 23.0 Å². The van der Waals surface area contributed by atoms with E-state index in [4.69, 9.17) is 10.5 Å². The number of carbonyl (C=O) groups excluding carboxylic acids is 1. The average Bonchev–Trinajstić information content (AvgIpc) is 2.91. The molecule has 1 saturated carbocycles. The first-order valence-electron chi connectivity index (χ1n) is 7.30. The Morgan fingerprint density at radius 2 is 2.20 bits per heavy atom. The molecule has 1 aromatic heterocycles. The van der Waals surface area contributed by atoms with Gasteiger partial charge in [0.25, 0.3) is 0 Å². The first-order valence-corrected chi connectivity index (χ1v) is 7.30. The molecule has 0 aromatic carbocycles. The monoisotopic (exact) mass is 276 g/mol. The molecule has 1 heterocycles. The first-order chi connectivity index (χ1) is 9.58. The van der Waals surface area contributed by atoms with E-state index in [0.717, 1.165) is 41.8 Å². The minimum Gasteiger partial charge on any atom is -0.496 e. The molecule has 0 saturated heterocycles. The molecule has 1 aliphatic carbocycles. The lowest BCUT2D eigenvalue weighted by Crippen LogP contribution is -2.26. The van der Waals surface area contributed by atoms with Gasteiger partial charge in [-0.2, -0.15) is 0 Å². The lowest BCUT2D eigenvalue weighted by molar-refractivity contribution is -0.123. The Bertz CT molecular complexity index is 499. The van der Waals surface area contributed by atoms with Crippen LogP contribution in [0.4, 0.5) is 0 Å². The zero-order valence-corrected chi connectivity index (χ0v) is 12.6. The Morgan fingerprint density at radius 1 is 1.45 bits per heavy atom. The third kappa shape index (κ3) is 2.85. The molecule has 20 heavy (non-hydrogen) atoms. The molecule has 2 N–H and O–H groups in total. The maximum atomic E-state index is 12.5. The predicted molar refractivity (Wildman–Crippen MR) is 78.9 cm³/mol. The smallest absolute Gasteiger partial charge is 0.142 e. The van der Waals surface area contributed by atoms with Crippen LogP contribution in [0.3, 0.4) is 0 Å². The summed E-state index contributed by atoms with van der Waals surface area (Å²) in [6, 6.07) is 0. The Morgan fingerprint density at radius 3 is 2.85 bits per heavy atom. The molecule has 2 rings (SSSR count). The van der Waals surface area contributed by atoms with Gasteiger partial charge in [0.2, 0.25) is 0 Å². The van der Waals surface area contributed by atoms with E-state index in [1.54, 1.807) is 13.3 Å². The maximum absolute atomic E-state index is 12.5. The number of Topliss-reactive ketones (excluding diaryl/α,β-unsaturated/α-hetero) is 1. The zero-order valence-electron chi connectivity index (χ0n) is 12.6. The van der Waals surface area contributed by atoms with Gasteiger partial charge in [-0.15, -0.1) is 0 Å². The quantitative estimate of drug-likeness (QED) is 0.895. The van der Waals surface area contributed by atoms with E-state index >= 15 is 0 Å². The third-order valence-corrected chi connectivity index (χ3v) is 4.47. The van der Waals surface area contributed by atoms with Crippen LogP contribution in [-0.4, -0.2) is 24.4 Å². The van der Waals surface area contributed by atoms with Gasteiger partial charge in [-0.25, -0.2) is 0 Å². The summed E-state index contributed by atoms with van der Waals surface area (Å²) >= 11 is 0. The number of aryl methyl sites for hydroxylation is 1. The first kappa shape index (κ1) is 15.0. The number of methoxy groups -OCH3 is 1. The van der Waals surface area contributed by atoms with Crippen LogP contribution in [0.25, 0.3) is 0 Å². The van der Waals surface area contributed by atoms with Gasteiger partial charge in [0.15, 0.2) is 0 Å². The van der Waals surface area contributed by atoms with Crippen LogP contribution in [0, 0.1) is 25.7 Å². The minimum atomic E-state index is 0.119. The fraction of sp³-hybridized carbons (Fsp3) is 0.625. The van der Waals surface area contributed by atoms with E-state index in [2.05, 4.69) is 4.98 Å². The van der Waals surface area contributed by atoms with Crippen molar-refractivity contribution in [1.29, 1.82) is 0 Å². The van der Waals surface area contributed by atoms with E-state index in [0.29, 0.717) is 18.9 Å². The molecule has 0 bridgehead atoms. The summed E-state index contributed by atoms with van der Waals surface area (Å²) < 4.78 is 5.39. The maximum Gasteiger partial charge on any atom is 0.142 e. The largest absolute Gasteiger partial charge is 0.496 e. The zero-order chi connectivity index (χ0) is 14.7. The topological polar surface area (TPSA) is 65.2 Å². The molecule has 4 nitrogen and oxygen atoms in total. The summed E-state index contributed by atoms with van der Waals surface area (Å²) in [7, 11) is 1.66. The molecular formula is C16H24N2O2. The molecule has 0 aliphatic heterocycles. The number of hydrogen-bond donors (Lipinski definition) is 1. The van der Waals surface area contributed by atoms with E-state index < -0.39 is 0 Å². The van der Waals surface area contributed by atoms with Crippen LogP contribution in [0.2, 0.25) is 0 Å². The van der Waals surface area contributed by atoms with E-state index in [1.165, 1.54) is 0 Å². The van der Waals surface area contributed by atoms with Crippen molar-refractivity contribution in [2.24, 2.45) is 17.6 Å². The summed E-state index contributed by atoms with van der Waals surface area (Å²) in [5.74, 6) is 1.59. The Hall–Kier alpha value is -1.42. The molecule has 110 valence electrons. The van der Waals surface area contributed by atoms with Crippen LogP contribution >= 0.6 is 0 Å². The van der Waals surface area contributed by atoms with Gasteiger partial charge in [0, 0.05) is 29.7 Å². The predicted octanol–water partition coefficient (Wildman–Crippen LogP) is 2.19. The molecule has 0 spiro atoms. The molecule has 2 atom stereocenters. The second-order valence-corrected chi connectivity index (χ2v) is 5.72. The summed E-state index contributed by atoms with van der Waals surface area (Å²) in [5.41, 5.74) is 8.57. The number of nitrogens with two attached hydrogens (primary N) is 1. The molecule has 2 unspecified atom stereocenters. The molecule has 1 aliphatic rings. The van der Waals surface area contributed by atoms with Crippen LogP contribution in [0.1, 0.15) is 36.1 Å². The number of ketones is 1. The Kier molecular flexibility index (Phi) is 4.76. The van der Waals surface area contributed by atoms with Crippen LogP contribution < -0.4 is 10.5 Å². The highest BCUT2D eigenvalue weighted by Crippen LogP contribution is 2.33. The van der Waals surface area contributed by atoms with Crippen LogP contribution in [0.15, 0.2) is 6.20 Å². The standard InChI is InChI=1S/C16H24N2O2/c1-10-9-18-14(11(2)16(10)20-3)7-15(19)13-6-4-5-12(13)8-17/h9,12-13H,4-8,17H2,1-3H3. The van der Waals surface area contributed by atoms with E-state index in [1.807, 2.05) is 13.8 Å². The highest BCUT2D eigenvalue weighted by atomic mass is 16.5. The van der Waals surface area contributed by atoms with Gasteiger partial charge >= 0.3 is 0 Å². The van der Waals surface area contributed by atoms with Gasteiger partial charge in [0.05, 0.1) is 12.8 Å². The van der Waals surface area contributed by atoms with Crippen molar-refractivity contribution in [3.63, 3.8) is 0 Å². The third-order valence-electron chi connectivity index (χ3n) is 4.47. The number of pyridine rings is 1. The molecule has 1 fully saturated rings. The van der Waals surface area contributed by atoms with Gasteiger partial charge in [-0.3, -0.25) is 9.78 Å². The van der Waals surface area contributed by atoms with Crippen molar-refractivity contribution in [2.45, 2.75) is 39.5 Å². The lowest BCUT2D eigenvalue weighted by Gasteiger charge is -2.17. The molecule has 0 radical (unpaired) electrons. The second kappa shape index (κ2) is 6.35. The molecule has 0 amide bonds. The Balaban J connectivity index is 2.16. The average molecular weight is 276 g/mol. The van der Waals surface area contributed by atoms with E-state index in [-0.39, 0.29) is 11.7 Å². The SMILES string of the molecule is COc1c(C)cnc(CC(=O)C2CCCC2CN)c1C. The van der Waals surface area contributed by atoms with Crippen molar-refractivity contribution >= 4 is 5.78 Å². The van der Waals surface area contributed by atoms with E-state index in [9.17, 15) is 4.79 Å². The summed E-state index contributed by atoms with van der Waals surface area (Å²) in [6.07, 6.45) is 5.34. The lowest BCUT2D eigenvalue weighted by atomic mass is 9.89. The van der Waals surface area contributed by atoms with Crippen molar-refractivity contribution in [2.75, 3.05) is 13.7 Å². The van der Waals surface area contributed by atoms with Crippen LogP contribution in [-0.2, 0) is 11.2 Å². The number of nitrogens with zero attached hydrogens (tertiary/aromatic N) is 1. The Labute approximate surface area is 120 Å². The fourth-order valence-corrected chi connectivity index (χ4v) is 3.29. The van der Waals surface area contributed by atoms with Gasteiger partial charge < -0.3 is 10.5 Å². The summed E-state index contributed by atoms with van der Waals surface area (Å²) in [6.45, 7) is 4.54. The van der Waals surface area contributed by atoms with Crippen LogP contribution in [0.5, 0.6) is 5.75 Å². The molecular weight excluding hydrogens is 252 g/mol. The van der Waals surface area contributed by atoms with Crippen molar-refractivity contribution in [1.82, 2.24) is 4.98 Å². The summed E-state index contributed by atoms with van der Waals surface area (Å²) in [5, 5.41) is 0. The number of carbonyl (C=O) groups is 1. The normalized spacial score (nSPS) is 22.0. The van der Waals surface area contributed by atoms with Crippen molar-refractivity contribution in [3.8, 4) is 5.75 Å². The number of hydrogen-bond acceptors (Lipinski definition) is 4. The minimum absolute atomic E-state index is 0.119. The second-order valence-electron chi connectivity index (χ2n) is 5.72. The molecule has 4 heteroatoms. The molecule has 1 aromatic rings. The highest BCUT2D eigenvalue weighted by Gasteiger charge is 2.32. The van der Waals surface area contributed by atoms with Gasteiger partial charge in [0.1, 0.15) is 11.5 Å². The number of rotatable bonds is 5. The number of aromatic nitrogens is 1.